The fourth-order valence-corrected chi connectivity index (χ4v) is 4.84. The number of aromatic nitrogens is 1. The fourth-order valence-electron chi connectivity index (χ4n) is 3.99. The Bertz CT molecular complexity index is 1620. The van der Waals surface area contributed by atoms with Gasteiger partial charge < -0.3 is 10.1 Å². The van der Waals surface area contributed by atoms with E-state index in [9.17, 15) is 14.9 Å². The third kappa shape index (κ3) is 5.25. The van der Waals surface area contributed by atoms with Crippen molar-refractivity contribution in [3.05, 3.63) is 98.2 Å². The summed E-state index contributed by atoms with van der Waals surface area (Å²) < 4.78 is 7.26. The summed E-state index contributed by atoms with van der Waals surface area (Å²) >= 11 is 1.44. The molecule has 1 amide bonds. The molecule has 192 valence electrons. The number of benzene rings is 3. The highest BCUT2D eigenvalue weighted by atomic mass is 32.1. The minimum atomic E-state index is -0.428. The summed E-state index contributed by atoms with van der Waals surface area (Å²) in [6.45, 7) is 6.13. The average Bonchev–Trinajstić information content (AvgIpc) is 3.30. The summed E-state index contributed by atoms with van der Waals surface area (Å²) in [5.74, 6) is 0.820. The van der Waals surface area contributed by atoms with E-state index < -0.39 is 4.92 Å². The number of ether oxygens (including phenoxy) is 1. The van der Waals surface area contributed by atoms with E-state index in [-0.39, 0.29) is 18.2 Å². The predicted molar refractivity (Wildman–Crippen MR) is 148 cm³/mol. The van der Waals surface area contributed by atoms with Gasteiger partial charge in [-0.2, -0.15) is 5.10 Å². The van der Waals surface area contributed by atoms with Crippen molar-refractivity contribution in [3.63, 3.8) is 0 Å². The Morgan fingerprint density at radius 2 is 1.84 bits per heavy atom. The number of nitro groups is 1. The van der Waals surface area contributed by atoms with Gasteiger partial charge >= 0.3 is 0 Å². The largest absolute Gasteiger partial charge is 0.482 e. The van der Waals surface area contributed by atoms with Crippen LogP contribution in [0.25, 0.3) is 11.3 Å². The van der Waals surface area contributed by atoms with Crippen molar-refractivity contribution in [2.24, 2.45) is 10.1 Å². The minimum absolute atomic E-state index is 0.0118. The van der Waals surface area contributed by atoms with Crippen LogP contribution in [0, 0.1) is 10.1 Å². The predicted octanol–water partition coefficient (Wildman–Crippen LogP) is 6.08. The smallest absolute Gasteiger partial charge is 0.269 e. The molecule has 4 aromatic rings. The zero-order valence-electron chi connectivity index (χ0n) is 21.0. The Kier molecular flexibility index (Phi) is 6.89. The van der Waals surface area contributed by atoms with Crippen LogP contribution in [0.1, 0.15) is 37.8 Å². The maximum absolute atomic E-state index is 11.9. The number of nitrogens with one attached hydrogen (secondary N) is 1. The number of carbonyl (C=O) groups is 1. The van der Waals surface area contributed by atoms with Crippen LogP contribution in [0.3, 0.4) is 0 Å². The molecule has 0 atom stereocenters. The first kappa shape index (κ1) is 25.1. The molecule has 0 aliphatic carbocycles. The first-order chi connectivity index (χ1) is 18.3. The molecular formula is C28H25N5O4S. The molecule has 10 heteroatoms. The number of anilines is 1. The normalized spacial score (nSPS) is 13.7. The highest BCUT2D eigenvalue weighted by Crippen LogP contribution is 2.33. The number of nitrogens with zero attached hydrogens (tertiary/aromatic N) is 4. The first-order valence-corrected chi connectivity index (χ1v) is 12.9. The van der Waals surface area contributed by atoms with Crippen LogP contribution in [-0.2, 0) is 4.79 Å². The van der Waals surface area contributed by atoms with E-state index in [1.54, 1.807) is 16.8 Å². The van der Waals surface area contributed by atoms with Gasteiger partial charge in [0, 0.05) is 23.1 Å². The van der Waals surface area contributed by atoms with Crippen LogP contribution in [-0.4, -0.2) is 27.8 Å². The lowest BCUT2D eigenvalue weighted by Gasteiger charge is -2.18. The zero-order chi connectivity index (χ0) is 26.8. The van der Waals surface area contributed by atoms with Gasteiger partial charge in [-0.15, -0.1) is 11.3 Å². The van der Waals surface area contributed by atoms with Gasteiger partial charge in [-0.3, -0.25) is 14.9 Å². The lowest BCUT2D eigenvalue weighted by atomic mass is 10.0. The van der Waals surface area contributed by atoms with Crippen LogP contribution >= 0.6 is 11.3 Å². The third-order valence-corrected chi connectivity index (χ3v) is 6.94. The second-order valence-electron chi connectivity index (χ2n) is 9.11. The van der Waals surface area contributed by atoms with Gasteiger partial charge in [0.15, 0.2) is 6.61 Å². The maximum Gasteiger partial charge on any atom is 0.269 e. The second kappa shape index (κ2) is 10.4. The molecule has 0 bridgehead atoms. The van der Waals surface area contributed by atoms with Gasteiger partial charge in [0.05, 0.1) is 27.7 Å². The van der Waals surface area contributed by atoms with Gasteiger partial charge in [0.1, 0.15) is 5.75 Å². The van der Waals surface area contributed by atoms with Crippen molar-refractivity contribution in [2.45, 2.75) is 26.7 Å². The highest BCUT2D eigenvalue weighted by molar-refractivity contribution is 7.07. The molecule has 3 aromatic carbocycles. The van der Waals surface area contributed by atoms with Crippen molar-refractivity contribution in [1.82, 2.24) is 4.68 Å². The number of non-ortho nitro benzene ring substituents is 1. The Morgan fingerprint density at radius 1 is 1.11 bits per heavy atom. The van der Waals surface area contributed by atoms with Crippen molar-refractivity contribution in [3.8, 4) is 17.0 Å². The molecule has 2 heterocycles. The lowest BCUT2D eigenvalue weighted by molar-refractivity contribution is -0.384. The Morgan fingerprint density at radius 3 is 2.53 bits per heavy atom. The third-order valence-electron chi connectivity index (χ3n) is 6.12. The number of fused-ring (bicyclic) bond motifs is 1. The van der Waals surface area contributed by atoms with E-state index in [1.807, 2.05) is 42.6 Å². The topological polar surface area (TPSA) is 111 Å². The summed E-state index contributed by atoms with van der Waals surface area (Å²) in [5, 5.41) is 20.7. The Balaban J connectivity index is 1.62. The standard InChI is InChI=1S/C28H25N5O4S/c1-17(2)19-4-9-22(10-5-19)29-28-32(31-18(3)20-6-11-23(12-7-20)33(35)36)25(16-38-28)21-8-13-26-24(14-21)30-27(34)15-37-26/h4-14,16-17H,15H2,1-3H3,(H,30,34). The van der Waals surface area contributed by atoms with Crippen molar-refractivity contribution < 1.29 is 14.5 Å². The number of nitro benzene ring substituents is 1. The number of rotatable bonds is 6. The minimum Gasteiger partial charge on any atom is -0.482 e. The molecule has 38 heavy (non-hydrogen) atoms. The van der Waals surface area contributed by atoms with Gasteiger partial charge in [-0.1, -0.05) is 26.0 Å². The summed E-state index contributed by atoms with van der Waals surface area (Å²) in [6, 6.07) is 20.0. The van der Waals surface area contributed by atoms with Gasteiger partial charge in [-0.05, 0) is 66.4 Å². The van der Waals surface area contributed by atoms with Crippen LogP contribution in [0.5, 0.6) is 5.75 Å². The number of thiazole rings is 1. The van der Waals surface area contributed by atoms with E-state index in [0.29, 0.717) is 27.9 Å². The van der Waals surface area contributed by atoms with Crippen LogP contribution in [0.4, 0.5) is 17.1 Å². The summed E-state index contributed by atoms with van der Waals surface area (Å²) in [5.41, 5.74) is 5.64. The van der Waals surface area contributed by atoms with Gasteiger partial charge in [0.25, 0.3) is 11.6 Å². The molecular weight excluding hydrogens is 502 g/mol. The van der Waals surface area contributed by atoms with Crippen molar-refractivity contribution in [1.29, 1.82) is 0 Å². The molecule has 1 N–H and O–H groups in total. The maximum atomic E-state index is 11.9. The average molecular weight is 528 g/mol. The first-order valence-electron chi connectivity index (χ1n) is 12.0. The van der Waals surface area contributed by atoms with Crippen LogP contribution in [0.15, 0.2) is 82.2 Å². The lowest BCUT2D eigenvalue weighted by Crippen LogP contribution is -2.25. The summed E-state index contributed by atoms with van der Waals surface area (Å²) in [6.07, 6.45) is 0. The number of hydrogen-bond acceptors (Lipinski definition) is 7. The summed E-state index contributed by atoms with van der Waals surface area (Å²) in [4.78, 5) is 28.0. The van der Waals surface area contributed by atoms with E-state index in [4.69, 9.17) is 14.8 Å². The molecule has 0 radical (unpaired) electrons. The molecule has 1 aliphatic rings. The monoisotopic (exact) mass is 527 g/mol. The zero-order valence-corrected chi connectivity index (χ0v) is 21.9. The van der Waals surface area contributed by atoms with Gasteiger partial charge in [0.2, 0.25) is 4.80 Å². The number of hydrogen-bond donors (Lipinski definition) is 1. The molecule has 0 unspecified atom stereocenters. The highest BCUT2D eigenvalue weighted by Gasteiger charge is 2.18. The Hall–Kier alpha value is -4.57. The van der Waals surface area contributed by atoms with Crippen molar-refractivity contribution >= 4 is 40.0 Å². The van der Waals surface area contributed by atoms with Crippen LogP contribution < -0.4 is 14.9 Å². The van der Waals surface area contributed by atoms with E-state index in [2.05, 4.69) is 31.3 Å². The molecule has 0 saturated carbocycles. The van der Waals surface area contributed by atoms with Crippen LogP contribution in [0.2, 0.25) is 0 Å². The number of carbonyl (C=O) groups excluding carboxylic acids is 1. The van der Waals surface area contributed by atoms with Gasteiger partial charge in [-0.25, -0.2) is 9.67 Å². The molecule has 0 fully saturated rings. The molecule has 1 aromatic heterocycles. The molecule has 1 aliphatic heterocycles. The van der Waals surface area contributed by atoms with E-state index >= 15 is 0 Å². The molecule has 0 saturated heterocycles. The fraction of sp³-hybridized carbons (Fsp3) is 0.179. The van der Waals surface area contributed by atoms with Crippen molar-refractivity contribution in [2.75, 3.05) is 11.9 Å². The molecule has 5 rings (SSSR count). The molecule has 0 spiro atoms. The summed E-state index contributed by atoms with van der Waals surface area (Å²) in [7, 11) is 0. The Labute approximate surface area is 222 Å². The van der Waals surface area contributed by atoms with E-state index in [1.165, 1.54) is 29.0 Å². The number of amides is 1. The molecule has 9 nitrogen and oxygen atoms in total. The second-order valence-corrected chi connectivity index (χ2v) is 9.95. The van der Waals surface area contributed by atoms with E-state index in [0.717, 1.165) is 22.5 Å². The SMILES string of the molecule is CC(=Nn1c(-c2ccc3c(c2)NC(=O)CO3)csc1=Nc1ccc(C(C)C)cc1)c1ccc([N+](=O)[O-])cc1. The quantitative estimate of drug-likeness (QED) is 0.186.